The molecular weight excluding hydrogens is 362 g/mol. The molecular formula is C19H21N5O4. The molecule has 9 nitrogen and oxygen atoms in total. The van der Waals surface area contributed by atoms with E-state index in [1.54, 1.807) is 34.1 Å². The molecule has 0 bridgehead atoms. The lowest BCUT2D eigenvalue weighted by molar-refractivity contribution is 0.0600. The third-order valence-corrected chi connectivity index (χ3v) is 4.41. The van der Waals surface area contributed by atoms with Gasteiger partial charge < -0.3 is 19.9 Å². The summed E-state index contributed by atoms with van der Waals surface area (Å²) < 4.78 is 4.69. The quantitative estimate of drug-likeness (QED) is 0.808. The van der Waals surface area contributed by atoms with E-state index in [0.717, 1.165) is 0 Å². The van der Waals surface area contributed by atoms with Gasteiger partial charge in [0.05, 0.1) is 18.2 Å². The van der Waals surface area contributed by atoms with Crippen LogP contribution >= 0.6 is 0 Å². The van der Waals surface area contributed by atoms with Crippen LogP contribution in [-0.4, -0.2) is 71.0 Å². The molecule has 1 aromatic heterocycles. The Morgan fingerprint density at radius 3 is 2.46 bits per heavy atom. The first-order valence-corrected chi connectivity index (χ1v) is 8.87. The van der Waals surface area contributed by atoms with Gasteiger partial charge in [0.2, 0.25) is 0 Å². The van der Waals surface area contributed by atoms with Gasteiger partial charge in [-0.2, -0.15) is 0 Å². The number of carbonyl (C=O) groups is 3. The van der Waals surface area contributed by atoms with Crippen LogP contribution in [0.5, 0.6) is 0 Å². The highest BCUT2D eigenvalue weighted by atomic mass is 16.5. The highest BCUT2D eigenvalue weighted by Crippen LogP contribution is 2.14. The largest absolute Gasteiger partial charge is 0.465 e. The van der Waals surface area contributed by atoms with Crippen molar-refractivity contribution < 1.29 is 19.1 Å². The maximum absolute atomic E-state index is 12.6. The molecule has 28 heavy (non-hydrogen) atoms. The molecule has 1 N–H and O–H groups in total. The number of benzene rings is 1. The van der Waals surface area contributed by atoms with Crippen molar-refractivity contribution in [3.8, 4) is 0 Å². The van der Waals surface area contributed by atoms with Crippen LogP contribution < -0.4 is 5.32 Å². The molecule has 9 heteroatoms. The summed E-state index contributed by atoms with van der Waals surface area (Å²) in [6.07, 6.45) is 5.01. The van der Waals surface area contributed by atoms with Crippen LogP contribution in [0.25, 0.3) is 0 Å². The monoisotopic (exact) mass is 383 g/mol. The van der Waals surface area contributed by atoms with Gasteiger partial charge in [-0.1, -0.05) is 6.07 Å². The van der Waals surface area contributed by atoms with Crippen molar-refractivity contribution in [2.24, 2.45) is 0 Å². The SMILES string of the molecule is COC(=O)c1cccc(NC(=O)N2CCCN(C(=O)c3cncnc3)CC2)c1. The van der Waals surface area contributed by atoms with Crippen LogP contribution in [0.1, 0.15) is 27.1 Å². The predicted octanol–water partition coefficient (Wildman–Crippen LogP) is 1.64. The molecule has 0 unspecified atom stereocenters. The van der Waals surface area contributed by atoms with Crippen LogP contribution in [0.3, 0.4) is 0 Å². The molecule has 1 aliphatic heterocycles. The highest BCUT2D eigenvalue weighted by molar-refractivity contribution is 5.95. The van der Waals surface area contributed by atoms with Gasteiger partial charge in [-0.3, -0.25) is 4.79 Å². The van der Waals surface area contributed by atoms with Crippen molar-refractivity contribution in [2.75, 3.05) is 38.6 Å². The number of aromatic nitrogens is 2. The average molecular weight is 383 g/mol. The summed E-state index contributed by atoms with van der Waals surface area (Å²) in [6, 6.07) is 6.27. The number of hydrogen-bond donors (Lipinski definition) is 1. The Morgan fingerprint density at radius 2 is 1.71 bits per heavy atom. The molecule has 0 spiro atoms. The maximum atomic E-state index is 12.6. The van der Waals surface area contributed by atoms with Crippen LogP contribution in [0.4, 0.5) is 10.5 Å². The number of carbonyl (C=O) groups excluding carboxylic acids is 3. The Kier molecular flexibility index (Phi) is 6.15. The minimum atomic E-state index is -0.468. The summed E-state index contributed by atoms with van der Waals surface area (Å²) in [7, 11) is 1.30. The minimum Gasteiger partial charge on any atom is -0.465 e. The van der Waals surface area contributed by atoms with E-state index < -0.39 is 5.97 Å². The van der Waals surface area contributed by atoms with E-state index in [4.69, 9.17) is 4.74 Å². The summed E-state index contributed by atoms with van der Waals surface area (Å²) in [5.74, 6) is -0.612. The van der Waals surface area contributed by atoms with E-state index in [1.807, 2.05) is 0 Å². The molecule has 146 valence electrons. The number of nitrogens with zero attached hydrogens (tertiary/aromatic N) is 4. The molecule has 3 amide bonds. The summed E-state index contributed by atoms with van der Waals surface area (Å²) in [5, 5.41) is 2.79. The normalized spacial score (nSPS) is 14.2. The van der Waals surface area contributed by atoms with Crippen LogP contribution in [0.15, 0.2) is 43.0 Å². The Morgan fingerprint density at radius 1 is 1.00 bits per heavy atom. The number of esters is 1. The van der Waals surface area contributed by atoms with Crippen LogP contribution in [0, 0.1) is 0 Å². The van der Waals surface area contributed by atoms with E-state index in [-0.39, 0.29) is 11.9 Å². The zero-order valence-electron chi connectivity index (χ0n) is 15.5. The lowest BCUT2D eigenvalue weighted by Gasteiger charge is -2.22. The van der Waals surface area contributed by atoms with E-state index in [0.29, 0.717) is 49.4 Å². The van der Waals surface area contributed by atoms with E-state index in [1.165, 1.54) is 25.8 Å². The van der Waals surface area contributed by atoms with E-state index in [9.17, 15) is 14.4 Å². The van der Waals surface area contributed by atoms with Crippen molar-refractivity contribution in [1.82, 2.24) is 19.8 Å². The number of nitrogens with one attached hydrogen (secondary N) is 1. The molecule has 2 aromatic rings. The second kappa shape index (κ2) is 8.94. The Bertz CT molecular complexity index is 858. The molecule has 1 fully saturated rings. The lowest BCUT2D eigenvalue weighted by Crippen LogP contribution is -2.39. The second-order valence-corrected chi connectivity index (χ2v) is 6.26. The van der Waals surface area contributed by atoms with Crippen molar-refractivity contribution >= 4 is 23.6 Å². The fourth-order valence-corrected chi connectivity index (χ4v) is 2.96. The predicted molar refractivity (Wildman–Crippen MR) is 101 cm³/mol. The van der Waals surface area contributed by atoms with E-state index >= 15 is 0 Å². The molecule has 1 aliphatic rings. The van der Waals surface area contributed by atoms with Crippen molar-refractivity contribution in [3.05, 3.63) is 54.1 Å². The van der Waals surface area contributed by atoms with Gasteiger partial charge in [0.1, 0.15) is 6.33 Å². The minimum absolute atomic E-state index is 0.145. The summed E-state index contributed by atoms with van der Waals surface area (Å²) in [6.45, 7) is 1.90. The average Bonchev–Trinajstić information content (AvgIpc) is 3.00. The van der Waals surface area contributed by atoms with Gasteiger partial charge >= 0.3 is 12.0 Å². The molecule has 2 heterocycles. The van der Waals surface area contributed by atoms with Crippen molar-refractivity contribution in [3.63, 3.8) is 0 Å². The third-order valence-electron chi connectivity index (χ3n) is 4.41. The Hall–Kier alpha value is -3.49. The summed E-state index contributed by atoms with van der Waals surface area (Å²) in [4.78, 5) is 47.8. The first-order valence-electron chi connectivity index (χ1n) is 8.87. The topological polar surface area (TPSA) is 105 Å². The van der Waals surface area contributed by atoms with Crippen molar-refractivity contribution in [1.29, 1.82) is 0 Å². The van der Waals surface area contributed by atoms with E-state index in [2.05, 4.69) is 15.3 Å². The van der Waals surface area contributed by atoms with Gasteiger partial charge in [-0.05, 0) is 24.6 Å². The lowest BCUT2D eigenvalue weighted by atomic mass is 10.2. The highest BCUT2D eigenvalue weighted by Gasteiger charge is 2.23. The zero-order chi connectivity index (χ0) is 19.9. The zero-order valence-corrected chi connectivity index (χ0v) is 15.5. The third kappa shape index (κ3) is 4.61. The first-order chi connectivity index (χ1) is 13.6. The van der Waals surface area contributed by atoms with Gasteiger partial charge in [0, 0.05) is 44.3 Å². The summed E-state index contributed by atoms with van der Waals surface area (Å²) in [5.41, 5.74) is 1.30. The molecule has 0 aliphatic carbocycles. The Labute approximate surface area is 162 Å². The van der Waals surface area contributed by atoms with Crippen LogP contribution in [0.2, 0.25) is 0 Å². The standard InChI is InChI=1S/C19H21N5O4/c1-28-18(26)14-4-2-5-16(10-14)22-19(27)24-7-3-6-23(8-9-24)17(25)15-11-20-13-21-12-15/h2,4-5,10-13H,3,6-9H2,1H3,(H,22,27). The molecule has 0 atom stereocenters. The number of urea groups is 1. The number of amides is 3. The molecule has 0 saturated carbocycles. The van der Waals surface area contributed by atoms with Gasteiger partial charge in [-0.15, -0.1) is 0 Å². The Balaban J connectivity index is 1.60. The smallest absolute Gasteiger partial charge is 0.337 e. The first kappa shape index (κ1) is 19.3. The number of hydrogen-bond acceptors (Lipinski definition) is 6. The van der Waals surface area contributed by atoms with Gasteiger partial charge in [0.15, 0.2) is 0 Å². The van der Waals surface area contributed by atoms with Crippen molar-refractivity contribution in [2.45, 2.75) is 6.42 Å². The van der Waals surface area contributed by atoms with Gasteiger partial charge in [-0.25, -0.2) is 19.6 Å². The summed E-state index contributed by atoms with van der Waals surface area (Å²) >= 11 is 0. The molecule has 1 saturated heterocycles. The molecule has 0 radical (unpaired) electrons. The number of ether oxygens (including phenoxy) is 1. The maximum Gasteiger partial charge on any atom is 0.337 e. The second-order valence-electron chi connectivity index (χ2n) is 6.26. The number of rotatable bonds is 3. The number of anilines is 1. The van der Waals surface area contributed by atoms with Gasteiger partial charge in [0.25, 0.3) is 5.91 Å². The number of methoxy groups -OCH3 is 1. The molecule has 3 rings (SSSR count). The fraction of sp³-hybridized carbons (Fsp3) is 0.316. The fourth-order valence-electron chi connectivity index (χ4n) is 2.96. The molecule has 1 aromatic carbocycles. The van der Waals surface area contributed by atoms with Crippen LogP contribution in [-0.2, 0) is 4.74 Å².